The van der Waals surface area contributed by atoms with Crippen molar-refractivity contribution in [1.29, 1.82) is 0 Å². The van der Waals surface area contributed by atoms with E-state index in [1.54, 1.807) is 12.3 Å². The predicted octanol–water partition coefficient (Wildman–Crippen LogP) is 4.31. The van der Waals surface area contributed by atoms with Crippen LogP contribution in [0, 0.1) is 0 Å². The standard InChI is InChI=1S/C21H18F3N3O3/c22-21(23,24)12-27-10-16(9-26-27)13-3-4-17-15(11-30-19(17)7-13)2-1-14-8-25-6-5-18(14)20(28)29/h3-10,15H,1-2,11-12H2,(H,28,29)/t15-/m0/s1. The van der Waals surface area contributed by atoms with Gasteiger partial charge in [-0.15, -0.1) is 0 Å². The minimum atomic E-state index is -4.33. The van der Waals surface area contributed by atoms with Crippen LogP contribution in [0.5, 0.6) is 5.75 Å². The third-order valence-corrected chi connectivity index (χ3v) is 5.10. The molecule has 3 aromatic rings. The van der Waals surface area contributed by atoms with E-state index >= 15 is 0 Å². The number of nitrogens with zero attached hydrogens (tertiary/aromatic N) is 3. The average Bonchev–Trinajstić information content (AvgIpc) is 3.31. The summed E-state index contributed by atoms with van der Waals surface area (Å²) < 4.78 is 44.2. The molecule has 0 spiro atoms. The van der Waals surface area contributed by atoms with Gasteiger partial charge in [-0.3, -0.25) is 9.67 Å². The lowest BCUT2D eigenvalue weighted by Gasteiger charge is -2.10. The molecule has 30 heavy (non-hydrogen) atoms. The summed E-state index contributed by atoms with van der Waals surface area (Å²) in [5.74, 6) is -0.194. The fourth-order valence-electron chi connectivity index (χ4n) is 3.64. The summed E-state index contributed by atoms with van der Waals surface area (Å²) in [5, 5.41) is 13.1. The number of hydrogen-bond donors (Lipinski definition) is 1. The van der Waals surface area contributed by atoms with Crippen LogP contribution < -0.4 is 4.74 Å². The number of rotatable bonds is 6. The number of carboxylic acids is 1. The lowest BCUT2D eigenvalue weighted by Crippen LogP contribution is -2.17. The fourth-order valence-corrected chi connectivity index (χ4v) is 3.64. The van der Waals surface area contributed by atoms with Crippen LogP contribution in [0.2, 0.25) is 0 Å². The highest BCUT2D eigenvalue weighted by molar-refractivity contribution is 5.89. The number of fused-ring (bicyclic) bond motifs is 1. The van der Waals surface area contributed by atoms with E-state index in [4.69, 9.17) is 4.74 Å². The maximum absolute atomic E-state index is 12.5. The second-order valence-corrected chi connectivity index (χ2v) is 7.18. The molecule has 0 amide bonds. The monoisotopic (exact) mass is 417 g/mol. The number of pyridine rings is 1. The van der Waals surface area contributed by atoms with E-state index in [0.29, 0.717) is 36.3 Å². The van der Waals surface area contributed by atoms with Crippen LogP contribution in [0.1, 0.15) is 33.8 Å². The van der Waals surface area contributed by atoms with Gasteiger partial charge in [0.25, 0.3) is 0 Å². The van der Waals surface area contributed by atoms with Crippen molar-refractivity contribution in [3.05, 3.63) is 65.7 Å². The van der Waals surface area contributed by atoms with Crippen molar-refractivity contribution >= 4 is 5.97 Å². The van der Waals surface area contributed by atoms with Crippen molar-refractivity contribution in [2.45, 2.75) is 31.5 Å². The molecule has 0 bridgehead atoms. The topological polar surface area (TPSA) is 77.2 Å². The Morgan fingerprint density at radius 1 is 1.23 bits per heavy atom. The molecule has 6 nitrogen and oxygen atoms in total. The van der Waals surface area contributed by atoms with E-state index in [2.05, 4.69) is 10.1 Å². The number of halogens is 3. The van der Waals surface area contributed by atoms with Crippen LogP contribution >= 0.6 is 0 Å². The molecule has 0 saturated heterocycles. The zero-order valence-corrected chi connectivity index (χ0v) is 15.8. The lowest BCUT2D eigenvalue weighted by atomic mass is 9.92. The Morgan fingerprint density at radius 2 is 2.07 bits per heavy atom. The number of carbonyl (C=O) groups is 1. The molecular weight excluding hydrogens is 399 g/mol. The number of benzene rings is 1. The van der Waals surface area contributed by atoms with Crippen LogP contribution in [0.4, 0.5) is 13.2 Å². The summed E-state index contributed by atoms with van der Waals surface area (Å²) in [4.78, 5) is 15.4. The highest BCUT2D eigenvalue weighted by atomic mass is 19.4. The largest absolute Gasteiger partial charge is 0.493 e. The molecule has 2 aromatic heterocycles. The summed E-state index contributed by atoms with van der Waals surface area (Å²) in [6.07, 6.45) is 2.71. The van der Waals surface area contributed by atoms with Gasteiger partial charge in [-0.2, -0.15) is 18.3 Å². The summed E-state index contributed by atoms with van der Waals surface area (Å²) in [5.41, 5.74) is 3.23. The molecule has 156 valence electrons. The summed E-state index contributed by atoms with van der Waals surface area (Å²) in [7, 11) is 0. The van der Waals surface area contributed by atoms with Gasteiger partial charge in [0.1, 0.15) is 12.3 Å². The number of hydrogen-bond acceptors (Lipinski definition) is 4. The fraction of sp³-hybridized carbons (Fsp3) is 0.286. The molecule has 0 saturated carbocycles. The Kier molecular flexibility index (Phi) is 5.19. The first kappa shape index (κ1) is 19.9. The van der Waals surface area contributed by atoms with Gasteiger partial charge in [0.15, 0.2) is 0 Å². The summed E-state index contributed by atoms with van der Waals surface area (Å²) in [6.45, 7) is -0.669. The first-order valence-corrected chi connectivity index (χ1v) is 9.32. The first-order valence-electron chi connectivity index (χ1n) is 9.32. The van der Waals surface area contributed by atoms with Gasteiger partial charge >= 0.3 is 12.1 Å². The Balaban J connectivity index is 1.47. The van der Waals surface area contributed by atoms with Crippen molar-refractivity contribution < 1.29 is 27.8 Å². The van der Waals surface area contributed by atoms with Gasteiger partial charge in [-0.25, -0.2) is 4.79 Å². The molecule has 1 atom stereocenters. The molecular formula is C21H18F3N3O3. The summed E-state index contributed by atoms with van der Waals surface area (Å²) in [6, 6.07) is 7.03. The lowest BCUT2D eigenvalue weighted by molar-refractivity contribution is -0.142. The molecule has 3 heterocycles. The molecule has 0 unspecified atom stereocenters. The third-order valence-electron chi connectivity index (χ3n) is 5.10. The Bertz CT molecular complexity index is 1080. The van der Waals surface area contributed by atoms with Crippen molar-refractivity contribution in [3.8, 4) is 16.9 Å². The zero-order chi connectivity index (χ0) is 21.3. The van der Waals surface area contributed by atoms with Crippen LogP contribution in [-0.2, 0) is 13.0 Å². The predicted molar refractivity (Wildman–Crippen MR) is 101 cm³/mol. The number of aromatic nitrogens is 3. The van der Waals surface area contributed by atoms with E-state index < -0.39 is 18.7 Å². The molecule has 0 aliphatic carbocycles. The molecule has 1 N–H and O–H groups in total. The molecule has 4 rings (SSSR count). The molecule has 0 fully saturated rings. The number of aromatic carboxylic acids is 1. The number of aryl methyl sites for hydroxylation is 1. The van der Waals surface area contributed by atoms with E-state index in [9.17, 15) is 23.1 Å². The van der Waals surface area contributed by atoms with E-state index in [0.717, 1.165) is 15.8 Å². The highest BCUT2D eigenvalue weighted by Crippen LogP contribution is 2.39. The average molecular weight is 417 g/mol. The van der Waals surface area contributed by atoms with Crippen LogP contribution in [0.25, 0.3) is 11.1 Å². The smallest absolute Gasteiger partial charge is 0.408 e. The van der Waals surface area contributed by atoms with E-state index in [1.807, 2.05) is 12.1 Å². The quantitative estimate of drug-likeness (QED) is 0.647. The van der Waals surface area contributed by atoms with Crippen LogP contribution in [0.3, 0.4) is 0 Å². The molecule has 1 aliphatic rings. The molecule has 1 aliphatic heterocycles. The number of alkyl halides is 3. The molecule has 0 radical (unpaired) electrons. The van der Waals surface area contributed by atoms with Gasteiger partial charge in [0, 0.05) is 35.6 Å². The van der Waals surface area contributed by atoms with Crippen molar-refractivity contribution in [3.63, 3.8) is 0 Å². The van der Waals surface area contributed by atoms with E-state index in [1.165, 1.54) is 24.7 Å². The maximum Gasteiger partial charge on any atom is 0.408 e. The Labute approximate surface area is 169 Å². The normalized spacial score (nSPS) is 15.6. The first-order chi connectivity index (χ1) is 14.3. The van der Waals surface area contributed by atoms with Crippen molar-refractivity contribution in [1.82, 2.24) is 14.8 Å². The third kappa shape index (κ3) is 4.29. The zero-order valence-electron chi connectivity index (χ0n) is 15.8. The Morgan fingerprint density at radius 3 is 2.83 bits per heavy atom. The second-order valence-electron chi connectivity index (χ2n) is 7.18. The van der Waals surface area contributed by atoms with E-state index in [-0.39, 0.29) is 11.5 Å². The maximum atomic E-state index is 12.5. The SMILES string of the molecule is O=C(O)c1ccncc1CC[C@H]1COc2cc(-c3cnn(CC(F)(F)F)c3)ccc21. The van der Waals surface area contributed by atoms with Crippen LogP contribution in [0.15, 0.2) is 49.1 Å². The number of ether oxygens (including phenoxy) is 1. The molecule has 1 aromatic carbocycles. The van der Waals surface area contributed by atoms with Gasteiger partial charge < -0.3 is 9.84 Å². The summed E-state index contributed by atoms with van der Waals surface area (Å²) >= 11 is 0. The van der Waals surface area contributed by atoms with Gasteiger partial charge in [0.2, 0.25) is 0 Å². The van der Waals surface area contributed by atoms with Crippen LogP contribution in [-0.4, -0.2) is 38.6 Å². The van der Waals surface area contributed by atoms with Gasteiger partial charge in [0.05, 0.1) is 18.4 Å². The van der Waals surface area contributed by atoms with Crippen molar-refractivity contribution in [2.24, 2.45) is 0 Å². The Hall–Kier alpha value is -3.36. The molecule has 9 heteroatoms. The van der Waals surface area contributed by atoms with Gasteiger partial charge in [-0.1, -0.05) is 12.1 Å². The van der Waals surface area contributed by atoms with Gasteiger partial charge in [-0.05, 0) is 36.1 Å². The highest BCUT2D eigenvalue weighted by Gasteiger charge is 2.29. The number of carboxylic acid groups (broad SMARTS) is 1. The minimum absolute atomic E-state index is 0.101. The second kappa shape index (κ2) is 7.81. The van der Waals surface area contributed by atoms with Crippen molar-refractivity contribution in [2.75, 3.05) is 6.61 Å². The minimum Gasteiger partial charge on any atom is -0.493 e.